The van der Waals surface area contributed by atoms with Crippen molar-refractivity contribution in [2.45, 2.75) is 29.1 Å². The molecule has 0 bridgehead atoms. The van der Waals surface area contributed by atoms with Crippen LogP contribution in [-0.4, -0.2) is 33.3 Å². The molecule has 0 amide bonds. The lowest BCUT2D eigenvalue weighted by atomic mass is 10.0. The molecule has 0 saturated heterocycles. The van der Waals surface area contributed by atoms with Crippen LogP contribution in [0, 0.1) is 0 Å². The largest absolute Gasteiger partial charge is 0.481 e. The van der Waals surface area contributed by atoms with E-state index in [2.05, 4.69) is 0 Å². The zero-order chi connectivity index (χ0) is 16.7. The summed E-state index contributed by atoms with van der Waals surface area (Å²) in [5, 5.41) is 18.8. The Morgan fingerprint density at radius 1 is 0.913 bits per heavy atom. The van der Waals surface area contributed by atoms with Gasteiger partial charge in [0.25, 0.3) is 0 Å². The lowest BCUT2D eigenvalue weighted by Gasteiger charge is -2.20. The molecule has 0 spiro atoms. The Morgan fingerprint density at radius 2 is 1.48 bits per heavy atom. The standard InChI is InChI=1S/C18H18O4S/c19-15(13-7-3-1-4-8-13)11-16(20)17(12-18(21)22)23-14-9-5-2-6-10-14/h1-10,16-17,20H,11-12H2,(H,21,22)/t16-,17+/m0/s1. The Kier molecular flexibility index (Phi) is 6.38. The summed E-state index contributed by atoms with van der Waals surface area (Å²) in [7, 11) is 0. The number of thioether (sulfide) groups is 1. The molecule has 2 aromatic carbocycles. The Hall–Kier alpha value is -2.11. The van der Waals surface area contributed by atoms with Crippen LogP contribution in [0.1, 0.15) is 23.2 Å². The highest BCUT2D eigenvalue weighted by molar-refractivity contribution is 8.00. The van der Waals surface area contributed by atoms with Gasteiger partial charge in [-0.05, 0) is 12.1 Å². The third-order valence-corrected chi connectivity index (χ3v) is 4.65. The summed E-state index contributed by atoms with van der Waals surface area (Å²) in [6.45, 7) is 0. The second-order valence-electron chi connectivity index (χ2n) is 5.13. The first kappa shape index (κ1) is 17.2. The van der Waals surface area contributed by atoms with Crippen molar-refractivity contribution in [1.82, 2.24) is 0 Å². The molecule has 2 atom stereocenters. The highest BCUT2D eigenvalue weighted by Crippen LogP contribution is 2.29. The number of ketones is 1. The molecule has 0 heterocycles. The van der Waals surface area contributed by atoms with E-state index in [4.69, 9.17) is 5.11 Å². The van der Waals surface area contributed by atoms with Gasteiger partial charge in [0.2, 0.25) is 0 Å². The van der Waals surface area contributed by atoms with Crippen LogP contribution in [0.4, 0.5) is 0 Å². The number of aliphatic carboxylic acids is 1. The predicted molar refractivity (Wildman–Crippen MR) is 89.7 cm³/mol. The molecule has 5 heteroatoms. The molecule has 0 aliphatic carbocycles. The van der Waals surface area contributed by atoms with Gasteiger partial charge in [0.15, 0.2) is 5.78 Å². The molecule has 2 aromatic rings. The zero-order valence-electron chi connectivity index (χ0n) is 12.5. The molecular weight excluding hydrogens is 312 g/mol. The number of carbonyl (C=O) groups is 2. The Morgan fingerprint density at radius 3 is 2.04 bits per heavy atom. The number of rotatable bonds is 8. The minimum Gasteiger partial charge on any atom is -0.481 e. The number of aliphatic hydroxyl groups is 1. The van der Waals surface area contributed by atoms with Gasteiger partial charge in [0.05, 0.1) is 12.5 Å². The second-order valence-corrected chi connectivity index (χ2v) is 6.44. The monoisotopic (exact) mass is 330 g/mol. The fourth-order valence-electron chi connectivity index (χ4n) is 2.17. The molecule has 120 valence electrons. The van der Waals surface area contributed by atoms with E-state index < -0.39 is 17.3 Å². The summed E-state index contributed by atoms with van der Waals surface area (Å²) in [6.07, 6.45) is -1.33. The number of hydrogen-bond donors (Lipinski definition) is 2. The van der Waals surface area contributed by atoms with Crippen molar-refractivity contribution in [3.8, 4) is 0 Å². The van der Waals surface area contributed by atoms with Crippen LogP contribution in [0.2, 0.25) is 0 Å². The number of aliphatic hydroxyl groups excluding tert-OH is 1. The molecule has 0 unspecified atom stereocenters. The molecule has 0 aromatic heterocycles. The first-order valence-electron chi connectivity index (χ1n) is 7.26. The maximum Gasteiger partial charge on any atom is 0.304 e. The molecular formula is C18H18O4S. The normalized spacial score (nSPS) is 13.3. The highest BCUT2D eigenvalue weighted by Gasteiger charge is 2.26. The van der Waals surface area contributed by atoms with Crippen molar-refractivity contribution in [3.05, 3.63) is 66.2 Å². The molecule has 0 fully saturated rings. The van der Waals surface area contributed by atoms with E-state index >= 15 is 0 Å². The summed E-state index contributed by atoms with van der Waals surface area (Å²) in [6, 6.07) is 18.0. The zero-order valence-corrected chi connectivity index (χ0v) is 13.3. The summed E-state index contributed by atoms with van der Waals surface area (Å²) in [4.78, 5) is 24.1. The number of carbonyl (C=O) groups excluding carboxylic acids is 1. The Balaban J connectivity index is 2.05. The fraction of sp³-hybridized carbons (Fsp3) is 0.222. The van der Waals surface area contributed by atoms with Crippen LogP contribution in [-0.2, 0) is 4.79 Å². The SMILES string of the molecule is O=C(O)C[C@@H](Sc1ccccc1)[C@@H](O)CC(=O)c1ccccc1. The van der Waals surface area contributed by atoms with Crippen molar-refractivity contribution in [2.75, 3.05) is 0 Å². The van der Waals surface area contributed by atoms with Crippen molar-refractivity contribution < 1.29 is 19.8 Å². The minimum atomic E-state index is -1.02. The summed E-state index contributed by atoms with van der Waals surface area (Å²) in [5.74, 6) is -1.19. The van der Waals surface area contributed by atoms with Gasteiger partial charge in [-0.3, -0.25) is 9.59 Å². The van der Waals surface area contributed by atoms with Crippen molar-refractivity contribution in [2.24, 2.45) is 0 Å². The average Bonchev–Trinajstić information content (AvgIpc) is 2.55. The minimum absolute atomic E-state index is 0.0954. The molecule has 0 saturated carbocycles. The van der Waals surface area contributed by atoms with Gasteiger partial charge >= 0.3 is 5.97 Å². The van der Waals surface area contributed by atoms with Crippen LogP contribution in [0.25, 0.3) is 0 Å². The van der Waals surface area contributed by atoms with Crippen LogP contribution >= 0.6 is 11.8 Å². The topological polar surface area (TPSA) is 74.6 Å². The second kappa shape index (κ2) is 8.50. The van der Waals surface area contributed by atoms with E-state index in [1.807, 2.05) is 36.4 Å². The maximum atomic E-state index is 12.2. The average molecular weight is 330 g/mol. The molecule has 0 aliphatic rings. The van der Waals surface area contributed by atoms with Gasteiger partial charge in [-0.1, -0.05) is 48.5 Å². The van der Waals surface area contributed by atoms with Crippen LogP contribution < -0.4 is 0 Å². The highest BCUT2D eigenvalue weighted by atomic mass is 32.2. The predicted octanol–water partition coefficient (Wildman–Crippen LogP) is 3.26. The van der Waals surface area contributed by atoms with Crippen molar-refractivity contribution in [3.63, 3.8) is 0 Å². The molecule has 0 aliphatic heterocycles. The van der Waals surface area contributed by atoms with Gasteiger partial charge in [0, 0.05) is 22.1 Å². The quantitative estimate of drug-likeness (QED) is 0.574. The van der Waals surface area contributed by atoms with E-state index in [0.29, 0.717) is 5.56 Å². The third kappa shape index (κ3) is 5.54. The van der Waals surface area contributed by atoms with Crippen molar-refractivity contribution >= 4 is 23.5 Å². The van der Waals surface area contributed by atoms with Gasteiger partial charge < -0.3 is 10.2 Å². The van der Waals surface area contributed by atoms with Gasteiger partial charge in [-0.15, -0.1) is 11.8 Å². The van der Waals surface area contributed by atoms with E-state index in [0.717, 1.165) is 4.90 Å². The number of carboxylic acid groups (broad SMARTS) is 1. The van der Waals surface area contributed by atoms with E-state index in [1.54, 1.807) is 24.3 Å². The smallest absolute Gasteiger partial charge is 0.304 e. The van der Waals surface area contributed by atoms with Gasteiger partial charge in [-0.25, -0.2) is 0 Å². The van der Waals surface area contributed by atoms with Crippen LogP contribution in [0.3, 0.4) is 0 Å². The van der Waals surface area contributed by atoms with Crippen molar-refractivity contribution in [1.29, 1.82) is 0 Å². The Labute approximate surface area is 139 Å². The van der Waals surface area contributed by atoms with Gasteiger partial charge in [0.1, 0.15) is 0 Å². The first-order chi connectivity index (χ1) is 11.1. The molecule has 2 N–H and O–H groups in total. The third-order valence-electron chi connectivity index (χ3n) is 3.33. The van der Waals surface area contributed by atoms with E-state index in [-0.39, 0.29) is 18.6 Å². The fourth-order valence-corrected chi connectivity index (χ4v) is 3.31. The number of carboxylic acids is 1. The lowest BCUT2D eigenvalue weighted by Crippen LogP contribution is -2.28. The van der Waals surface area contributed by atoms with Crippen LogP contribution in [0.5, 0.6) is 0 Å². The summed E-state index contributed by atoms with van der Waals surface area (Å²) in [5.41, 5.74) is 0.519. The first-order valence-corrected chi connectivity index (χ1v) is 8.14. The maximum absolute atomic E-state index is 12.2. The number of hydrogen-bond acceptors (Lipinski definition) is 4. The van der Waals surface area contributed by atoms with E-state index in [1.165, 1.54) is 11.8 Å². The number of benzene rings is 2. The Bertz CT molecular complexity index is 643. The number of Topliss-reactive ketones (excluding diaryl/α,β-unsaturated/α-hetero) is 1. The van der Waals surface area contributed by atoms with Gasteiger partial charge in [-0.2, -0.15) is 0 Å². The summed E-state index contributed by atoms with van der Waals surface area (Å²) >= 11 is 1.28. The molecule has 2 rings (SSSR count). The molecule has 0 radical (unpaired) electrons. The van der Waals surface area contributed by atoms with Crippen LogP contribution in [0.15, 0.2) is 65.6 Å². The lowest BCUT2D eigenvalue weighted by molar-refractivity contribution is -0.137. The summed E-state index contributed by atoms with van der Waals surface area (Å²) < 4.78 is 0. The molecule has 4 nitrogen and oxygen atoms in total. The van der Waals surface area contributed by atoms with E-state index in [9.17, 15) is 14.7 Å². The molecule has 23 heavy (non-hydrogen) atoms.